The van der Waals surface area contributed by atoms with Gasteiger partial charge in [-0.05, 0) is 57.8 Å². The maximum Gasteiger partial charge on any atom is 0.472 e. The SMILES string of the molecule is CCCCCCCCCCC/C=C\CCCCCC(O)CC(=O)NC(COP(=O)(O)OC1C(O)C(O)C(O)C(O)C1O)C(O)/C=C/CC/C=C/CCCCCCCCCCCCCCC. The Morgan fingerprint density at radius 2 is 0.908 bits per heavy atom. The van der Waals surface area contributed by atoms with Crippen LogP contribution in [0.4, 0.5) is 0 Å². The smallest absolute Gasteiger partial charge is 0.393 e. The van der Waals surface area contributed by atoms with Gasteiger partial charge in [-0.3, -0.25) is 13.8 Å². The predicted molar refractivity (Wildman–Crippen MR) is 261 cm³/mol. The highest BCUT2D eigenvalue weighted by molar-refractivity contribution is 7.47. The van der Waals surface area contributed by atoms with Gasteiger partial charge in [-0.25, -0.2) is 4.57 Å². The molecule has 14 heteroatoms. The molecule has 0 aromatic rings. The number of carbonyl (C=O) groups excluding carboxylic acids is 1. The highest BCUT2D eigenvalue weighted by Gasteiger charge is 2.51. The number of phosphoric ester groups is 1. The van der Waals surface area contributed by atoms with Crippen LogP contribution in [0, 0.1) is 0 Å². The Morgan fingerprint density at radius 3 is 1.35 bits per heavy atom. The van der Waals surface area contributed by atoms with Crippen LogP contribution < -0.4 is 5.32 Å². The molecule has 0 aromatic heterocycles. The van der Waals surface area contributed by atoms with Crippen LogP contribution in [-0.4, -0.2) is 108 Å². The van der Waals surface area contributed by atoms with E-state index in [1.54, 1.807) is 6.08 Å². The van der Waals surface area contributed by atoms with Gasteiger partial charge in [-0.1, -0.05) is 192 Å². The Labute approximate surface area is 394 Å². The standard InChI is InChI=1S/C51H96NO12P/c1-3-5-7-9-11-13-15-17-19-21-22-23-25-27-29-31-33-35-37-39-44(54)43(41-63-65(61,62)64-51-49(59)47(57)46(56)48(58)50(51)60)52-45(55)40-42(53)38-36-34-32-30-28-26-24-20-18-16-14-12-10-8-6-4-2/h26,28-29,31,37,39,42-44,46-51,53-54,56-60H,3-25,27,30,32-36,38,40-41H2,1-2H3,(H,52,55)(H,61,62)/b28-26-,31-29+,39-37+. The molecule has 1 amide bonds. The molecule has 0 heterocycles. The Balaban J connectivity index is 2.53. The molecule has 9 N–H and O–H groups in total. The molecule has 1 rings (SSSR count). The molecule has 0 radical (unpaired) electrons. The van der Waals surface area contributed by atoms with Crippen LogP contribution in [0.1, 0.15) is 219 Å². The molecule has 0 bridgehead atoms. The van der Waals surface area contributed by atoms with E-state index in [1.165, 1.54) is 141 Å². The Bertz CT molecular complexity index is 1250. The van der Waals surface area contributed by atoms with Gasteiger partial charge >= 0.3 is 7.82 Å². The van der Waals surface area contributed by atoms with Crippen LogP contribution in [-0.2, 0) is 18.4 Å². The zero-order valence-electron chi connectivity index (χ0n) is 40.7. The van der Waals surface area contributed by atoms with E-state index in [0.29, 0.717) is 12.8 Å². The zero-order chi connectivity index (χ0) is 48.0. The Hall–Kier alpha value is -1.48. The second-order valence-corrected chi connectivity index (χ2v) is 20.0. The average Bonchev–Trinajstić information content (AvgIpc) is 3.28. The number of amides is 1. The molecule has 8 atom stereocenters. The van der Waals surface area contributed by atoms with E-state index in [2.05, 4.69) is 43.5 Å². The second kappa shape index (κ2) is 40.4. The highest BCUT2D eigenvalue weighted by Crippen LogP contribution is 2.47. The molecule has 1 aliphatic carbocycles. The third-order valence-corrected chi connectivity index (χ3v) is 13.4. The number of unbranched alkanes of at least 4 members (excludes halogenated alkanes) is 26. The van der Waals surface area contributed by atoms with Crippen molar-refractivity contribution in [1.82, 2.24) is 5.32 Å². The number of hydrogen-bond acceptors (Lipinski definition) is 11. The summed E-state index contributed by atoms with van der Waals surface area (Å²) in [5.41, 5.74) is 0. The molecule has 0 spiro atoms. The van der Waals surface area contributed by atoms with Gasteiger partial charge in [0.25, 0.3) is 0 Å². The topological polar surface area (TPSA) is 226 Å². The first-order chi connectivity index (χ1) is 31.3. The summed E-state index contributed by atoms with van der Waals surface area (Å²) < 4.78 is 22.9. The maximum absolute atomic E-state index is 13.0. The lowest BCUT2D eigenvalue weighted by molar-refractivity contribution is -0.220. The van der Waals surface area contributed by atoms with Gasteiger partial charge in [0.15, 0.2) is 0 Å². The van der Waals surface area contributed by atoms with E-state index >= 15 is 0 Å². The van der Waals surface area contributed by atoms with Crippen molar-refractivity contribution >= 4 is 13.7 Å². The fourth-order valence-corrected chi connectivity index (χ4v) is 9.16. The van der Waals surface area contributed by atoms with E-state index in [4.69, 9.17) is 9.05 Å². The first kappa shape index (κ1) is 61.5. The quantitative estimate of drug-likeness (QED) is 0.0158. The summed E-state index contributed by atoms with van der Waals surface area (Å²) in [7, 11) is -5.16. The molecule has 13 nitrogen and oxygen atoms in total. The molecule has 65 heavy (non-hydrogen) atoms. The Morgan fingerprint density at radius 1 is 0.538 bits per heavy atom. The molecule has 0 aliphatic heterocycles. The largest absolute Gasteiger partial charge is 0.472 e. The van der Waals surface area contributed by atoms with Crippen LogP contribution in [0.5, 0.6) is 0 Å². The molecule has 382 valence electrons. The Kier molecular flexibility index (Phi) is 38.3. The van der Waals surface area contributed by atoms with Gasteiger partial charge in [0.05, 0.1) is 31.3 Å². The minimum Gasteiger partial charge on any atom is -0.393 e. The van der Waals surface area contributed by atoms with Gasteiger partial charge in [0.1, 0.15) is 36.6 Å². The number of allylic oxidation sites excluding steroid dienone is 5. The predicted octanol–water partition coefficient (Wildman–Crippen LogP) is 9.70. The van der Waals surface area contributed by atoms with E-state index in [-0.39, 0.29) is 6.42 Å². The van der Waals surface area contributed by atoms with Crippen LogP contribution in [0.3, 0.4) is 0 Å². The van der Waals surface area contributed by atoms with Gasteiger partial charge in [-0.15, -0.1) is 0 Å². The lowest BCUT2D eigenvalue weighted by atomic mass is 9.85. The normalized spacial score (nSPS) is 22.8. The first-order valence-corrected chi connectivity index (χ1v) is 27.5. The average molecular weight is 946 g/mol. The van der Waals surface area contributed by atoms with Crippen LogP contribution in [0.2, 0.25) is 0 Å². The molecular weight excluding hydrogens is 850 g/mol. The van der Waals surface area contributed by atoms with E-state index in [9.17, 15) is 50.0 Å². The first-order valence-electron chi connectivity index (χ1n) is 26.0. The minimum atomic E-state index is -5.16. The van der Waals surface area contributed by atoms with Crippen molar-refractivity contribution in [3.63, 3.8) is 0 Å². The lowest BCUT2D eigenvalue weighted by Gasteiger charge is -2.41. The van der Waals surface area contributed by atoms with Crippen LogP contribution in [0.15, 0.2) is 36.5 Å². The van der Waals surface area contributed by atoms with Crippen molar-refractivity contribution in [2.75, 3.05) is 6.61 Å². The zero-order valence-corrected chi connectivity index (χ0v) is 41.5. The highest BCUT2D eigenvalue weighted by atomic mass is 31.2. The molecule has 0 aromatic carbocycles. The summed E-state index contributed by atoms with van der Waals surface area (Å²) in [5.74, 6) is -0.610. The van der Waals surface area contributed by atoms with Crippen molar-refractivity contribution in [3.8, 4) is 0 Å². The molecular formula is C51H96NO12P. The van der Waals surface area contributed by atoms with Crippen molar-refractivity contribution < 1.29 is 59.0 Å². The van der Waals surface area contributed by atoms with Crippen molar-refractivity contribution in [2.24, 2.45) is 0 Å². The number of aliphatic hydroxyl groups is 7. The summed E-state index contributed by atoms with van der Waals surface area (Å²) in [6.07, 6.45) is 33.7. The van der Waals surface area contributed by atoms with Gasteiger partial charge < -0.3 is 46.0 Å². The molecule has 1 fully saturated rings. The third kappa shape index (κ3) is 32.1. The summed E-state index contributed by atoms with van der Waals surface area (Å²) in [6.45, 7) is 3.75. The molecule has 8 unspecified atom stereocenters. The van der Waals surface area contributed by atoms with E-state index in [0.717, 1.165) is 51.4 Å². The lowest BCUT2D eigenvalue weighted by Crippen LogP contribution is -2.64. The number of aliphatic hydroxyl groups excluding tert-OH is 7. The third-order valence-electron chi connectivity index (χ3n) is 12.4. The fourth-order valence-electron chi connectivity index (χ4n) is 8.19. The maximum atomic E-state index is 13.0. The fraction of sp³-hybridized carbons (Fsp3) is 0.863. The van der Waals surface area contributed by atoms with E-state index in [1.807, 2.05) is 0 Å². The number of carbonyl (C=O) groups is 1. The van der Waals surface area contributed by atoms with E-state index < -0.39 is 75.2 Å². The van der Waals surface area contributed by atoms with Gasteiger partial charge in [0.2, 0.25) is 5.91 Å². The summed E-state index contributed by atoms with van der Waals surface area (Å²) in [5, 5.41) is 74.6. The number of rotatable bonds is 43. The summed E-state index contributed by atoms with van der Waals surface area (Å²) >= 11 is 0. The molecule has 1 aliphatic rings. The van der Waals surface area contributed by atoms with Crippen molar-refractivity contribution in [2.45, 2.75) is 274 Å². The van der Waals surface area contributed by atoms with Crippen molar-refractivity contribution in [1.29, 1.82) is 0 Å². The van der Waals surface area contributed by atoms with Gasteiger partial charge in [0, 0.05) is 0 Å². The second-order valence-electron chi connectivity index (χ2n) is 18.5. The molecule has 0 saturated heterocycles. The number of hydrogen-bond donors (Lipinski definition) is 9. The van der Waals surface area contributed by atoms with Crippen LogP contribution in [0.25, 0.3) is 0 Å². The summed E-state index contributed by atoms with van der Waals surface area (Å²) in [6, 6.07) is -1.26. The van der Waals surface area contributed by atoms with Crippen molar-refractivity contribution in [3.05, 3.63) is 36.5 Å². The monoisotopic (exact) mass is 946 g/mol. The molecule has 1 saturated carbocycles. The number of phosphoric acid groups is 1. The van der Waals surface area contributed by atoms with Crippen LogP contribution >= 0.6 is 7.82 Å². The van der Waals surface area contributed by atoms with Gasteiger partial charge in [-0.2, -0.15) is 0 Å². The summed E-state index contributed by atoms with van der Waals surface area (Å²) in [4.78, 5) is 23.5. The number of nitrogens with one attached hydrogen (secondary N) is 1. The minimum absolute atomic E-state index is 0.262.